The van der Waals surface area contributed by atoms with Crippen LogP contribution in [-0.4, -0.2) is 46.8 Å². The van der Waals surface area contributed by atoms with Crippen molar-refractivity contribution in [2.45, 2.75) is 27.3 Å². The molecule has 1 aliphatic rings. The summed E-state index contributed by atoms with van der Waals surface area (Å²) in [5, 5.41) is 4.66. The van der Waals surface area contributed by atoms with E-state index in [0.717, 1.165) is 43.1 Å². The van der Waals surface area contributed by atoms with E-state index in [1.165, 1.54) is 16.8 Å². The van der Waals surface area contributed by atoms with Gasteiger partial charge in [0.05, 0.1) is 17.8 Å². The Bertz CT molecular complexity index is 986. The number of pyridine rings is 1. The average Bonchev–Trinajstić information content (AvgIpc) is 3.03. The smallest absolute Gasteiger partial charge is 0.257 e. The molecule has 4 rings (SSSR count). The first-order chi connectivity index (χ1) is 14.0. The molecule has 1 amide bonds. The van der Waals surface area contributed by atoms with Gasteiger partial charge in [0, 0.05) is 49.7 Å². The van der Waals surface area contributed by atoms with Gasteiger partial charge in [0.1, 0.15) is 0 Å². The number of nitrogens with zero attached hydrogens (tertiary/aromatic N) is 4. The van der Waals surface area contributed by atoms with Crippen molar-refractivity contribution in [3.8, 4) is 0 Å². The van der Waals surface area contributed by atoms with Crippen LogP contribution in [0, 0.1) is 20.8 Å². The van der Waals surface area contributed by atoms with Gasteiger partial charge in [0.2, 0.25) is 0 Å². The van der Waals surface area contributed by atoms with Crippen molar-refractivity contribution in [3.63, 3.8) is 0 Å². The fraction of sp³-hybridized carbons (Fsp3) is 0.348. The Balaban J connectivity index is 1.46. The summed E-state index contributed by atoms with van der Waals surface area (Å²) < 4.78 is 1.95. The number of carbonyl (C=O) groups excluding carboxylic acids is 1. The maximum atomic E-state index is 13.2. The third-order valence-electron chi connectivity index (χ3n) is 5.68. The quantitative estimate of drug-likeness (QED) is 0.688. The van der Waals surface area contributed by atoms with E-state index < -0.39 is 0 Å². The molecule has 29 heavy (non-hydrogen) atoms. The van der Waals surface area contributed by atoms with Crippen LogP contribution in [0.3, 0.4) is 0 Å². The highest BCUT2D eigenvalue weighted by molar-refractivity contribution is 5.96. The normalized spacial score (nSPS) is 14.3. The molecule has 0 radical (unpaired) electrons. The van der Waals surface area contributed by atoms with Crippen molar-refractivity contribution < 1.29 is 9.78 Å². The maximum Gasteiger partial charge on any atom is 0.257 e. The first kappa shape index (κ1) is 19.2. The van der Waals surface area contributed by atoms with Crippen LogP contribution in [-0.2, 0) is 6.54 Å². The van der Waals surface area contributed by atoms with Gasteiger partial charge < -0.3 is 9.80 Å². The number of nitrogens with one attached hydrogen (secondary N) is 1. The highest BCUT2D eigenvalue weighted by Gasteiger charge is 2.27. The lowest BCUT2D eigenvalue weighted by molar-refractivity contribution is -0.377. The lowest BCUT2D eigenvalue weighted by Crippen LogP contribution is -2.49. The van der Waals surface area contributed by atoms with Crippen LogP contribution >= 0.6 is 0 Å². The second-order valence-corrected chi connectivity index (χ2v) is 7.73. The number of hydrogen-bond acceptors (Lipinski definition) is 3. The maximum absolute atomic E-state index is 13.2. The molecule has 3 aromatic rings. The zero-order valence-electron chi connectivity index (χ0n) is 17.4. The number of aromatic amines is 1. The van der Waals surface area contributed by atoms with E-state index in [-0.39, 0.29) is 5.91 Å². The molecule has 0 spiro atoms. The number of piperazine rings is 1. The Hall–Kier alpha value is -3.15. The topological polar surface area (TPSA) is 55.5 Å². The predicted octanol–water partition coefficient (Wildman–Crippen LogP) is 2.63. The molecule has 0 aliphatic carbocycles. The summed E-state index contributed by atoms with van der Waals surface area (Å²) >= 11 is 0. The van der Waals surface area contributed by atoms with Crippen molar-refractivity contribution in [1.29, 1.82) is 0 Å². The van der Waals surface area contributed by atoms with E-state index >= 15 is 0 Å². The first-order valence-corrected chi connectivity index (χ1v) is 10.1. The summed E-state index contributed by atoms with van der Waals surface area (Å²) in [5.41, 5.74) is 6.11. The number of carbonyl (C=O) groups is 1. The first-order valence-electron chi connectivity index (χ1n) is 10.1. The second kappa shape index (κ2) is 8.07. The lowest BCUT2D eigenvalue weighted by atomic mass is 10.1. The Kier molecular flexibility index (Phi) is 5.34. The summed E-state index contributed by atoms with van der Waals surface area (Å²) in [4.78, 5) is 20.6. The molecule has 0 bridgehead atoms. The van der Waals surface area contributed by atoms with Crippen molar-refractivity contribution in [3.05, 3.63) is 76.9 Å². The molecule has 1 fully saturated rings. The zero-order valence-corrected chi connectivity index (χ0v) is 17.4. The van der Waals surface area contributed by atoms with Crippen LogP contribution in [0.4, 0.5) is 5.69 Å². The van der Waals surface area contributed by atoms with E-state index in [1.54, 1.807) is 0 Å². The minimum atomic E-state index is 0.0937. The second-order valence-electron chi connectivity index (χ2n) is 7.73. The fourth-order valence-corrected chi connectivity index (χ4v) is 3.94. The highest BCUT2D eigenvalue weighted by Crippen LogP contribution is 2.20. The number of rotatable bonds is 4. The van der Waals surface area contributed by atoms with E-state index in [0.29, 0.717) is 6.54 Å². The van der Waals surface area contributed by atoms with Crippen molar-refractivity contribution in [1.82, 2.24) is 14.7 Å². The Morgan fingerprint density at radius 1 is 0.966 bits per heavy atom. The molecular weight excluding hydrogens is 362 g/mol. The molecule has 3 heterocycles. The predicted molar refractivity (Wildman–Crippen MR) is 113 cm³/mol. The average molecular weight is 391 g/mol. The van der Waals surface area contributed by atoms with Gasteiger partial charge in [-0.3, -0.25) is 9.48 Å². The van der Waals surface area contributed by atoms with Crippen LogP contribution in [0.2, 0.25) is 0 Å². The zero-order chi connectivity index (χ0) is 20.4. The molecular formula is C23H28N5O+. The van der Waals surface area contributed by atoms with Gasteiger partial charge >= 0.3 is 0 Å². The van der Waals surface area contributed by atoms with E-state index in [4.69, 9.17) is 0 Å². The van der Waals surface area contributed by atoms with Gasteiger partial charge in [-0.2, -0.15) is 5.10 Å². The fourth-order valence-electron chi connectivity index (χ4n) is 3.94. The molecule has 6 nitrogen and oxygen atoms in total. The number of anilines is 1. The molecule has 1 aliphatic heterocycles. The summed E-state index contributed by atoms with van der Waals surface area (Å²) in [6.45, 7) is 9.81. The Morgan fingerprint density at radius 2 is 1.62 bits per heavy atom. The molecule has 0 unspecified atom stereocenters. The number of amides is 1. The van der Waals surface area contributed by atoms with Crippen molar-refractivity contribution in [2.24, 2.45) is 0 Å². The van der Waals surface area contributed by atoms with Crippen LogP contribution in [0.25, 0.3) is 0 Å². The molecule has 1 aromatic carbocycles. The minimum Gasteiger partial charge on any atom is -0.368 e. The van der Waals surface area contributed by atoms with Gasteiger partial charge in [0.25, 0.3) is 5.91 Å². The molecule has 1 N–H and O–H groups in total. The van der Waals surface area contributed by atoms with Crippen LogP contribution in [0.5, 0.6) is 0 Å². The van der Waals surface area contributed by atoms with Crippen molar-refractivity contribution in [2.75, 3.05) is 31.1 Å². The van der Waals surface area contributed by atoms with Gasteiger partial charge in [-0.15, -0.1) is 0 Å². The van der Waals surface area contributed by atoms with Gasteiger partial charge in [-0.1, -0.05) is 29.8 Å². The largest absolute Gasteiger partial charge is 0.368 e. The molecule has 0 saturated carbocycles. The summed E-state index contributed by atoms with van der Waals surface area (Å²) in [6.07, 6.45) is 3.87. The van der Waals surface area contributed by atoms with Crippen LogP contribution < -0.4 is 9.88 Å². The van der Waals surface area contributed by atoms with E-state index in [9.17, 15) is 4.79 Å². The monoisotopic (exact) mass is 390 g/mol. The minimum absolute atomic E-state index is 0.0937. The number of aryl methyl sites for hydroxylation is 2. The van der Waals surface area contributed by atoms with E-state index in [2.05, 4.69) is 58.3 Å². The number of aromatic nitrogens is 3. The van der Waals surface area contributed by atoms with Crippen LogP contribution in [0.1, 0.15) is 32.9 Å². The third-order valence-corrected chi connectivity index (χ3v) is 5.68. The number of benzene rings is 1. The highest BCUT2D eigenvalue weighted by atomic mass is 16.2. The SMILES string of the molecule is Cc1ccc(Cn2nc(C)c(C(=O)N3CCN(c4cc[nH+]cc4)CC3)c2C)cc1. The number of H-pyrrole nitrogens is 1. The van der Waals surface area contributed by atoms with Crippen LogP contribution in [0.15, 0.2) is 48.8 Å². The molecule has 150 valence electrons. The Morgan fingerprint density at radius 3 is 2.28 bits per heavy atom. The lowest BCUT2D eigenvalue weighted by Gasteiger charge is -2.35. The van der Waals surface area contributed by atoms with E-state index in [1.807, 2.05) is 35.8 Å². The van der Waals surface area contributed by atoms with Gasteiger partial charge in [0.15, 0.2) is 12.4 Å². The summed E-state index contributed by atoms with van der Waals surface area (Å²) in [6, 6.07) is 12.6. The van der Waals surface area contributed by atoms with Gasteiger partial charge in [-0.25, -0.2) is 4.98 Å². The molecule has 6 heteroatoms. The molecule has 2 aromatic heterocycles. The number of hydrogen-bond donors (Lipinski definition) is 0. The Labute approximate surface area is 171 Å². The standard InChI is InChI=1S/C23H27N5O/c1-17-4-6-20(7-5-17)16-28-19(3)22(18(2)25-28)23(29)27-14-12-26(13-15-27)21-8-10-24-11-9-21/h4-11H,12-16H2,1-3H3/p+1. The molecule has 1 saturated heterocycles. The summed E-state index contributed by atoms with van der Waals surface area (Å²) in [5.74, 6) is 0.0937. The van der Waals surface area contributed by atoms with Crippen molar-refractivity contribution >= 4 is 11.6 Å². The summed E-state index contributed by atoms with van der Waals surface area (Å²) in [7, 11) is 0. The molecule has 0 atom stereocenters. The van der Waals surface area contributed by atoms with Gasteiger partial charge in [-0.05, 0) is 26.3 Å². The third kappa shape index (κ3) is 4.01.